The molecule has 0 unspecified atom stereocenters. The summed E-state index contributed by atoms with van der Waals surface area (Å²) in [6, 6.07) is 5.05. The molecule has 2 aromatic heterocycles. The number of pyridine rings is 1. The van der Waals surface area contributed by atoms with Crippen LogP contribution in [0.25, 0.3) is 10.9 Å². The molecule has 12 heteroatoms. The zero-order valence-corrected chi connectivity index (χ0v) is 20.1. The summed E-state index contributed by atoms with van der Waals surface area (Å²) < 4.78 is 17.7. The minimum absolute atomic E-state index is 0.00519. The highest BCUT2D eigenvalue weighted by Crippen LogP contribution is 2.34. The number of aromatic amines is 1. The normalized spacial score (nSPS) is 14.0. The van der Waals surface area contributed by atoms with Crippen molar-refractivity contribution in [2.75, 3.05) is 33.0 Å². The molecule has 0 radical (unpaired) electrons. The zero-order chi connectivity index (χ0) is 24.9. The highest BCUT2D eigenvalue weighted by Gasteiger charge is 2.30. The van der Waals surface area contributed by atoms with Crippen molar-refractivity contribution in [2.45, 2.75) is 39.9 Å². The number of nitrogens with zero attached hydrogens (tertiary/aromatic N) is 5. The first-order chi connectivity index (χ1) is 16.9. The van der Waals surface area contributed by atoms with Gasteiger partial charge < -0.3 is 24.3 Å². The van der Waals surface area contributed by atoms with Gasteiger partial charge >= 0.3 is 5.97 Å². The second kappa shape index (κ2) is 10.8. The third kappa shape index (κ3) is 5.43. The number of benzene rings is 1. The molecule has 0 amide bonds. The molecule has 4 rings (SSSR count). The van der Waals surface area contributed by atoms with E-state index in [0.29, 0.717) is 41.6 Å². The van der Waals surface area contributed by atoms with Gasteiger partial charge in [-0.3, -0.25) is 14.5 Å². The second-order valence-electron chi connectivity index (χ2n) is 8.59. The maximum absolute atomic E-state index is 13.0. The summed E-state index contributed by atoms with van der Waals surface area (Å²) in [5, 5.41) is 22.5. The molecule has 12 nitrogen and oxygen atoms in total. The molecule has 188 valence electrons. The summed E-state index contributed by atoms with van der Waals surface area (Å²) >= 11 is 0. The quantitative estimate of drug-likeness (QED) is 0.399. The third-order valence-electron chi connectivity index (χ3n) is 5.78. The van der Waals surface area contributed by atoms with Crippen LogP contribution in [-0.2, 0) is 22.6 Å². The van der Waals surface area contributed by atoms with Crippen molar-refractivity contribution in [3.05, 3.63) is 39.9 Å². The largest absolute Gasteiger partial charge is 0.486 e. The van der Waals surface area contributed by atoms with Crippen molar-refractivity contribution in [3.63, 3.8) is 0 Å². The van der Waals surface area contributed by atoms with Crippen molar-refractivity contribution < 1.29 is 24.1 Å². The Balaban J connectivity index is 1.67. The van der Waals surface area contributed by atoms with Crippen molar-refractivity contribution >= 4 is 16.9 Å². The van der Waals surface area contributed by atoms with Crippen molar-refractivity contribution in [3.8, 4) is 11.5 Å². The number of fused-ring (bicyclic) bond motifs is 2. The minimum atomic E-state index is -0.447. The van der Waals surface area contributed by atoms with Gasteiger partial charge in [0.2, 0.25) is 0 Å². The van der Waals surface area contributed by atoms with Gasteiger partial charge in [0.05, 0.1) is 24.8 Å². The van der Waals surface area contributed by atoms with Crippen LogP contribution in [0.5, 0.6) is 11.5 Å². The van der Waals surface area contributed by atoms with Crippen LogP contribution in [0, 0.1) is 5.92 Å². The lowest BCUT2D eigenvalue weighted by molar-refractivity contribution is -0.144. The van der Waals surface area contributed by atoms with Crippen LogP contribution >= 0.6 is 0 Å². The monoisotopic (exact) mass is 486 g/mol. The number of H-pyrrole nitrogens is 1. The van der Waals surface area contributed by atoms with Crippen LogP contribution in [0.4, 0.5) is 0 Å². The molecule has 2 N–H and O–H groups in total. The van der Waals surface area contributed by atoms with E-state index >= 15 is 0 Å². The highest BCUT2D eigenvalue weighted by molar-refractivity contribution is 5.83. The van der Waals surface area contributed by atoms with Gasteiger partial charge in [-0.15, -0.1) is 5.10 Å². The zero-order valence-electron chi connectivity index (χ0n) is 20.1. The molecular weight excluding hydrogens is 456 g/mol. The number of aliphatic hydroxyl groups is 1. The second-order valence-corrected chi connectivity index (χ2v) is 8.59. The molecule has 1 aromatic carbocycles. The number of carbonyl (C=O) groups excluding carboxylic acids is 1. The van der Waals surface area contributed by atoms with Gasteiger partial charge in [-0.25, -0.2) is 4.68 Å². The Morgan fingerprint density at radius 1 is 1.26 bits per heavy atom. The summed E-state index contributed by atoms with van der Waals surface area (Å²) in [5.41, 5.74) is 0.916. The number of ether oxygens (including phenoxy) is 3. The Bertz CT molecular complexity index is 1240. The third-order valence-corrected chi connectivity index (χ3v) is 5.78. The number of rotatable bonds is 10. The number of aromatic nitrogens is 5. The molecule has 0 spiro atoms. The van der Waals surface area contributed by atoms with Crippen LogP contribution in [0.15, 0.2) is 23.0 Å². The van der Waals surface area contributed by atoms with E-state index in [0.717, 1.165) is 5.39 Å². The molecule has 1 atom stereocenters. The van der Waals surface area contributed by atoms with Gasteiger partial charge in [0.1, 0.15) is 19.8 Å². The highest BCUT2D eigenvalue weighted by atomic mass is 16.6. The first-order valence-corrected chi connectivity index (χ1v) is 11.6. The van der Waals surface area contributed by atoms with E-state index in [1.165, 1.54) is 4.68 Å². The summed E-state index contributed by atoms with van der Waals surface area (Å²) in [4.78, 5) is 29.9. The van der Waals surface area contributed by atoms with Crippen LogP contribution in [-0.4, -0.2) is 74.1 Å². The minimum Gasteiger partial charge on any atom is -0.486 e. The molecule has 0 fully saturated rings. The Kier molecular flexibility index (Phi) is 7.61. The standard InChI is InChI=1S/C23H30N6O6/c1-4-33-20(31)13-29-22(25-26-27-29)21(14(2)3)28(5-6-30)12-16-9-15-10-18-19(35-8-7-34-18)11-17(15)24-23(16)32/h9-11,14,21,30H,4-8,12-13H2,1-3H3,(H,24,32)/t21-/m1/s1. The fraction of sp³-hybridized carbons (Fsp3) is 0.522. The molecule has 0 saturated carbocycles. The Hall–Kier alpha value is -3.51. The smallest absolute Gasteiger partial charge is 0.327 e. The topological polar surface area (TPSA) is 145 Å². The van der Waals surface area contributed by atoms with Crippen LogP contribution in [0.1, 0.15) is 38.2 Å². The van der Waals surface area contributed by atoms with Gasteiger partial charge in [0.15, 0.2) is 17.3 Å². The number of tetrazole rings is 1. The molecule has 3 aromatic rings. The molecule has 35 heavy (non-hydrogen) atoms. The molecule has 0 bridgehead atoms. The Morgan fingerprint density at radius 3 is 2.69 bits per heavy atom. The number of nitrogens with one attached hydrogen (secondary N) is 1. The van der Waals surface area contributed by atoms with E-state index in [1.54, 1.807) is 13.0 Å². The van der Waals surface area contributed by atoms with Crippen molar-refractivity contribution in [2.24, 2.45) is 5.92 Å². The lowest BCUT2D eigenvalue weighted by Gasteiger charge is -2.33. The lowest BCUT2D eigenvalue weighted by Crippen LogP contribution is -2.37. The maximum atomic E-state index is 13.0. The van der Waals surface area contributed by atoms with Crippen molar-refractivity contribution in [1.82, 2.24) is 30.1 Å². The first-order valence-electron chi connectivity index (χ1n) is 11.6. The average molecular weight is 487 g/mol. The number of carbonyl (C=O) groups is 1. The van der Waals surface area contributed by atoms with E-state index < -0.39 is 5.97 Å². The lowest BCUT2D eigenvalue weighted by atomic mass is 10.0. The van der Waals surface area contributed by atoms with Gasteiger partial charge in [-0.05, 0) is 35.4 Å². The average Bonchev–Trinajstić information content (AvgIpc) is 3.25. The van der Waals surface area contributed by atoms with Crippen LogP contribution in [0.2, 0.25) is 0 Å². The molecule has 1 aliphatic rings. The van der Waals surface area contributed by atoms with Crippen molar-refractivity contribution in [1.29, 1.82) is 0 Å². The van der Waals surface area contributed by atoms with Gasteiger partial charge in [0, 0.05) is 30.1 Å². The van der Waals surface area contributed by atoms with Crippen LogP contribution < -0.4 is 15.0 Å². The summed E-state index contributed by atoms with van der Waals surface area (Å²) in [7, 11) is 0. The van der Waals surface area contributed by atoms with Gasteiger partial charge in [0.25, 0.3) is 5.56 Å². The van der Waals surface area contributed by atoms with Gasteiger partial charge in [-0.1, -0.05) is 13.8 Å². The number of hydrogen-bond acceptors (Lipinski definition) is 10. The van der Waals surface area contributed by atoms with E-state index in [9.17, 15) is 14.7 Å². The van der Waals surface area contributed by atoms with E-state index in [-0.39, 0.29) is 50.4 Å². The maximum Gasteiger partial charge on any atom is 0.327 e. The first kappa shape index (κ1) is 24.6. The Morgan fingerprint density at radius 2 is 2.00 bits per heavy atom. The summed E-state index contributed by atoms with van der Waals surface area (Å²) in [6.45, 7) is 7.14. The SMILES string of the molecule is CCOC(=O)Cn1nnnc1[C@@H](C(C)C)N(CCO)Cc1cc2cc3c(cc2[nH]c1=O)OCCO3. The molecule has 0 aliphatic carbocycles. The number of hydrogen-bond donors (Lipinski definition) is 2. The number of esters is 1. The molecular formula is C23H30N6O6. The van der Waals surface area contributed by atoms with Crippen LogP contribution in [0.3, 0.4) is 0 Å². The fourth-order valence-electron chi connectivity index (χ4n) is 4.32. The molecule has 0 saturated heterocycles. The van der Waals surface area contributed by atoms with Gasteiger partial charge in [-0.2, -0.15) is 0 Å². The molecule has 1 aliphatic heterocycles. The molecule has 3 heterocycles. The fourth-order valence-corrected chi connectivity index (χ4v) is 4.32. The Labute approximate surface area is 201 Å². The van der Waals surface area contributed by atoms with E-state index in [2.05, 4.69) is 20.5 Å². The van der Waals surface area contributed by atoms with E-state index in [1.807, 2.05) is 30.9 Å². The number of aliphatic hydroxyl groups excluding tert-OH is 1. The summed E-state index contributed by atoms with van der Waals surface area (Å²) in [5.74, 6) is 1.25. The van der Waals surface area contributed by atoms with E-state index in [4.69, 9.17) is 14.2 Å². The summed E-state index contributed by atoms with van der Waals surface area (Å²) in [6.07, 6.45) is 0. The predicted octanol–water partition coefficient (Wildman–Crippen LogP) is 1.04. The predicted molar refractivity (Wildman–Crippen MR) is 125 cm³/mol.